The number of nitrogens with one attached hydrogen (secondary N) is 2. The van der Waals surface area contributed by atoms with E-state index in [-0.39, 0.29) is 11.7 Å². The van der Waals surface area contributed by atoms with Gasteiger partial charge >= 0.3 is 0 Å². The van der Waals surface area contributed by atoms with Crippen LogP contribution in [0.15, 0.2) is 60.7 Å². The Morgan fingerprint density at radius 2 is 1.67 bits per heavy atom. The van der Waals surface area contributed by atoms with Crippen molar-refractivity contribution in [3.63, 3.8) is 0 Å². The Balaban J connectivity index is 1.72. The quantitative estimate of drug-likeness (QED) is 0.524. The van der Waals surface area contributed by atoms with Crippen LogP contribution in [0, 0.1) is 5.92 Å². The molecule has 0 spiro atoms. The number of anilines is 1. The first-order valence-corrected chi connectivity index (χ1v) is 12.1. The molecular formula is C21H24N4O3S2. The monoisotopic (exact) mass is 444 g/mol. The van der Waals surface area contributed by atoms with E-state index < -0.39 is 22.0 Å². The first-order valence-electron chi connectivity index (χ1n) is 9.61. The van der Waals surface area contributed by atoms with Gasteiger partial charge in [0.05, 0.1) is 5.75 Å². The summed E-state index contributed by atoms with van der Waals surface area (Å²) in [6.07, 6.45) is 0.636. The Morgan fingerprint density at radius 1 is 1.03 bits per heavy atom. The molecule has 0 aliphatic heterocycles. The SMILES string of the molecule is CC[C@H](C)[C@@H](NS(=O)(=O)Cc1ccccc1)C(=O)Nc1nnc(-c2ccccc2)s1. The summed E-state index contributed by atoms with van der Waals surface area (Å²) in [5.41, 5.74) is 1.56. The Kier molecular flexibility index (Phi) is 7.30. The van der Waals surface area contributed by atoms with Gasteiger partial charge in [-0.15, -0.1) is 10.2 Å². The molecule has 0 saturated heterocycles. The molecule has 0 fully saturated rings. The van der Waals surface area contributed by atoms with E-state index >= 15 is 0 Å². The molecule has 2 N–H and O–H groups in total. The molecule has 0 unspecified atom stereocenters. The number of carbonyl (C=O) groups excluding carboxylic acids is 1. The zero-order chi connectivity index (χ0) is 21.6. The second kappa shape index (κ2) is 9.92. The van der Waals surface area contributed by atoms with Crippen molar-refractivity contribution in [2.24, 2.45) is 5.92 Å². The lowest BCUT2D eigenvalue weighted by Crippen LogP contribution is -2.47. The van der Waals surface area contributed by atoms with E-state index in [4.69, 9.17) is 0 Å². The van der Waals surface area contributed by atoms with Crippen LogP contribution < -0.4 is 10.0 Å². The minimum Gasteiger partial charge on any atom is -0.299 e. The van der Waals surface area contributed by atoms with Crippen molar-refractivity contribution in [2.45, 2.75) is 32.1 Å². The molecule has 1 heterocycles. The van der Waals surface area contributed by atoms with Crippen molar-refractivity contribution < 1.29 is 13.2 Å². The van der Waals surface area contributed by atoms with Gasteiger partial charge in [-0.05, 0) is 11.5 Å². The molecular weight excluding hydrogens is 420 g/mol. The molecule has 0 saturated carbocycles. The van der Waals surface area contributed by atoms with Crippen LogP contribution in [0.4, 0.5) is 5.13 Å². The molecule has 2 aromatic carbocycles. The van der Waals surface area contributed by atoms with Crippen molar-refractivity contribution in [1.29, 1.82) is 0 Å². The molecule has 1 amide bonds. The number of amides is 1. The lowest BCUT2D eigenvalue weighted by Gasteiger charge is -2.22. The average Bonchev–Trinajstić information content (AvgIpc) is 3.21. The van der Waals surface area contributed by atoms with Crippen LogP contribution in [0.5, 0.6) is 0 Å². The summed E-state index contributed by atoms with van der Waals surface area (Å²) < 4.78 is 27.9. The molecule has 0 bridgehead atoms. The fourth-order valence-corrected chi connectivity index (χ4v) is 5.04. The van der Waals surface area contributed by atoms with E-state index in [1.54, 1.807) is 24.3 Å². The lowest BCUT2D eigenvalue weighted by molar-refractivity contribution is -0.118. The third kappa shape index (κ3) is 5.94. The highest BCUT2D eigenvalue weighted by Gasteiger charge is 2.29. The molecule has 3 rings (SSSR count). The van der Waals surface area contributed by atoms with Gasteiger partial charge in [0.15, 0.2) is 0 Å². The minimum absolute atomic E-state index is 0.189. The zero-order valence-corrected chi connectivity index (χ0v) is 18.4. The van der Waals surface area contributed by atoms with Gasteiger partial charge in [-0.2, -0.15) is 0 Å². The average molecular weight is 445 g/mol. The Bertz CT molecular complexity index is 1070. The van der Waals surface area contributed by atoms with Crippen LogP contribution >= 0.6 is 11.3 Å². The topological polar surface area (TPSA) is 101 Å². The summed E-state index contributed by atoms with van der Waals surface area (Å²) >= 11 is 1.24. The third-order valence-electron chi connectivity index (χ3n) is 4.68. The van der Waals surface area contributed by atoms with Crippen LogP contribution in [0.2, 0.25) is 0 Å². The standard InChI is InChI=1S/C21H24N4O3S2/c1-3-15(2)18(25-30(27,28)14-16-10-6-4-7-11-16)19(26)22-21-24-23-20(29-21)17-12-8-5-9-13-17/h4-13,15,18,25H,3,14H2,1-2H3,(H,22,24,26)/t15-,18+/m0/s1. The summed E-state index contributed by atoms with van der Waals surface area (Å²) in [5, 5.41) is 11.9. The lowest BCUT2D eigenvalue weighted by atomic mass is 9.99. The molecule has 3 aromatic rings. The van der Waals surface area contributed by atoms with Gasteiger partial charge in [-0.3, -0.25) is 10.1 Å². The van der Waals surface area contributed by atoms with Gasteiger partial charge in [0.2, 0.25) is 21.1 Å². The van der Waals surface area contributed by atoms with Crippen molar-refractivity contribution in [3.05, 3.63) is 66.2 Å². The summed E-state index contributed by atoms with van der Waals surface area (Å²) in [6, 6.07) is 17.5. The number of carbonyl (C=O) groups is 1. The van der Waals surface area contributed by atoms with E-state index in [1.807, 2.05) is 50.2 Å². The van der Waals surface area contributed by atoms with E-state index in [9.17, 15) is 13.2 Å². The van der Waals surface area contributed by atoms with Crippen LogP contribution in [-0.4, -0.2) is 30.6 Å². The number of benzene rings is 2. The highest BCUT2D eigenvalue weighted by atomic mass is 32.2. The molecule has 9 heteroatoms. The summed E-state index contributed by atoms with van der Waals surface area (Å²) in [7, 11) is -3.71. The van der Waals surface area contributed by atoms with Gasteiger partial charge in [-0.1, -0.05) is 92.3 Å². The Hall–Kier alpha value is -2.62. The normalized spacial score (nSPS) is 13.5. The van der Waals surface area contributed by atoms with E-state index in [0.29, 0.717) is 22.1 Å². The van der Waals surface area contributed by atoms with Crippen molar-refractivity contribution in [3.8, 4) is 10.6 Å². The van der Waals surface area contributed by atoms with Crippen LogP contribution in [0.25, 0.3) is 10.6 Å². The van der Waals surface area contributed by atoms with E-state index in [1.165, 1.54) is 11.3 Å². The fraction of sp³-hybridized carbons (Fsp3) is 0.286. The molecule has 1 aromatic heterocycles. The number of rotatable bonds is 9. The number of hydrogen-bond donors (Lipinski definition) is 2. The zero-order valence-electron chi connectivity index (χ0n) is 16.8. The highest BCUT2D eigenvalue weighted by molar-refractivity contribution is 7.88. The molecule has 0 radical (unpaired) electrons. The highest BCUT2D eigenvalue weighted by Crippen LogP contribution is 2.26. The second-order valence-electron chi connectivity index (χ2n) is 6.99. The molecule has 30 heavy (non-hydrogen) atoms. The maximum absolute atomic E-state index is 12.9. The molecule has 158 valence electrons. The van der Waals surface area contributed by atoms with Crippen LogP contribution in [0.3, 0.4) is 0 Å². The predicted octanol–water partition coefficient (Wildman–Crippen LogP) is 3.68. The van der Waals surface area contributed by atoms with E-state index in [2.05, 4.69) is 20.2 Å². The maximum atomic E-state index is 12.9. The Morgan fingerprint density at radius 3 is 2.30 bits per heavy atom. The predicted molar refractivity (Wildman–Crippen MR) is 119 cm³/mol. The molecule has 7 nitrogen and oxygen atoms in total. The van der Waals surface area contributed by atoms with Gasteiger partial charge < -0.3 is 0 Å². The van der Waals surface area contributed by atoms with Crippen molar-refractivity contribution >= 4 is 32.4 Å². The number of sulfonamides is 1. The number of hydrogen-bond acceptors (Lipinski definition) is 6. The summed E-state index contributed by atoms with van der Waals surface area (Å²) in [6.45, 7) is 3.75. The number of aromatic nitrogens is 2. The Labute approximate surface area is 180 Å². The third-order valence-corrected chi connectivity index (χ3v) is 6.89. The first kappa shape index (κ1) is 22.1. The first-order chi connectivity index (χ1) is 14.4. The molecule has 0 aliphatic rings. The summed E-state index contributed by atoms with van der Waals surface area (Å²) in [4.78, 5) is 12.9. The van der Waals surface area contributed by atoms with Gasteiger partial charge in [0, 0.05) is 5.56 Å². The van der Waals surface area contributed by atoms with Gasteiger partial charge in [0.1, 0.15) is 11.0 Å². The molecule has 0 aliphatic carbocycles. The number of nitrogens with zero attached hydrogens (tertiary/aromatic N) is 2. The maximum Gasteiger partial charge on any atom is 0.244 e. The second-order valence-corrected chi connectivity index (χ2v) is 9.72. The van der Waals surface area contributed by atoms with Crippen molar-refractivity contribution in [1.82, 2.24) is 14.9 Å². The van der Waals surface area contributed by atoms with Gasteiger partial charge in [-0.25, -0.2) is 13.1 Å². The molecule has 2 atom stereocenters. The van der Waals surface area contributed by atoms with Crippen LogP contribution in [-0.2, 0) is 20.6 Å². The van der Waals surface area contributed by atoms with E-state index in [0.717, 1.165) is 5.56 Å². The van der Waals surface area contributed by atoms with Crippen LogP contribution in [0.1, 0.15) is 25.8 Å². The van der Waals surface area contributed by atoms with Gasteiger partial charge in [0.25, 0.3) is 0 Å². The summed E-state index contributed by atoms with van der Waals surface area (Å²) in [5.74, 6) is -0.834. The van der Waals surface area contributed by atoms with Crippen molar-refractivity contribution in [2.75, 3.05) is 5.32 Å². The smallest absolute Gasteiger partial charge is 0.244 e. The minimum atomic E-state index is -3.71. The fourth-order valence-electron chi connectivity index (χ4n) is 2.85. The largest absolute Gasteiger partial charge is 0.299 e.